The molecule has 0 saturated heterocycles. The predicted octanol–water partition coefficient (Wildman–Crippen LogP) is 3.52. The number of aryl methyl sites for hydroxylation is 3. The Morgan fingerprint density at radius 2 is 1.96 bits per heavy atom. The Morgan fingerprint density at radius 1 is 1.20 bits per heavy atom. The fourth-order valence-corrected chi connectivity index (χ4v) is 2.63. The van der Waals surface area contributed by atoms with E-state index in [1.165, 1.54) is 5.56 Å². The van der Waals surface area contributed by atoms with Gasteiger partial charge < -0.3 is 10.1 Å². The number of ether oxygens (including phenoxy) is 1. The summed E-state index contributed by atoms with van der Waals surface area (Å²) < 4.78 is 6.91. The van der Waals surface area contributed by atoms with Crippen molar-refractivity contribution in [2.24, 2.45) is 0 Å². The van der Waals surface area contributed by atoms with Gasteiger partial charge in [0.1, 0.15) is 5.82 Å². The fraction of sp³-hybridized carbons (Fsp3) is 0.421. The molecule has 6 nitrogen and oxygen atoms in total. The number of carbonyl (C=O) groups excluding carboxylic acids is 1. The molecule has 0 aliphatic heterocycles. The van der Waals surface area contributed by atoms with Crippen LogP contribution >= 0.6 is 0 Å². The van der Waals surface area contributed by atoms with Crippen molar-refractivity contribution >= 4 is 11.8 Å². The number of nitrogens with one attached hydrogen (secondary N) is 1. The van der Waals surface area contributed by atoms with Crippen LogP contribution in [0.4, 0.5) is 5.82 Å². The number of nitrogens with zero attached hydrogens (tertiary/aromatic N) is 3. The summed E-state index contributed by atoms with van der Waals surface area (Å²) in [6.07, 6.45) is 2.29. The highest BCUT2D eigenvalue weighted by atomic mass is 16.5. The first-order valence-electron chi connectivity index (χ1n) is 8.54. The van der Waals surface area contributed by atoms with Gasteiger partial charge in [0.2, 0.25) is 0 Å². The SMILES string of the molecule is CCOC(=O)/C(=C\Nc1cc(C)nn1Cc1cc(C)cc(C)n1)CC. The van der Waals surface area contributed by atoms with Gasteiger partial charge in [-0.15, -0.1) is 0 Å². The number of hydrogen-bond donors (Lipinski definition) is 1. The van der Waals surface area contributed by atoms with E-state index in [0.717, 1.165) is 22.9 Å². The minimum Gasteiger partial charge on any atom is -0.463 e. The molecule has 0 aliphatic rings. The zero-order valence-corrected chi connectivity index (χ0v) is 15.6. The van der Waals surface area contributed by atoms with Crippen LogP contribution in [0.2, 0.25) is 0 Å². The molecule has 0 unspecified atom stereocenters. The van der Waals surface area contributed by atoms with E-state index in [4.69, 9.17) is 4.74 Å². The first-order valence-corrected chi connectivity index (χ1v) is 8.54. The molecule has 2 aromatic rings. The molecule has 0 fully saturated rings. The standard InChI is InChI=1S/C19H26N4O2/c1-6-16(19(24)25-7-2)11-20-18-10-15(5)22-23(18)12-17-9-13(3)8-14(4)21-17/h8-11,20H,6-7,12H2,1-5H3/b16-11-. The van der Waals surface area contributed by atoms with E-state index in [1.54, 1.807) is 13.1 Å². The van der Waals surface area contributed by atoms with Crippen molar-refractivity contribution in [3.8, 4) is 0 Å². The lowest BCUT2D eigenvalue weighted by molar-refractivity contribution is -0.138. The van der Waals surface area contributed by atoms with E-state index in [0.29, 0.717) is 25.1 Å². The van der Waals surface area contributed by atoms with Crippen LogP contribution in [-0.4, -0.2) is 27.3 Å². The van der Waals surface area contributed by atoms with E-state index in [2.05, 4.69) is 28.4 Å². The number of carbonyl (C=O) groups is 1. The second-order valence-corrected chi connectivity index (χ2v) is 5.99. The first kappa shape index (κ1) is 18.7. The molecule has 6 heteroatoms. The van der Waals surface area contributed by atoms with E-state index < -0.39 is 0 Å². The maximum absolute atomic E-state index is 11.9. The third-order valence-electron chi connectivity index (χ3n) is 3.68. The van der Waals surface area contributed by atoms with Gasteiger partial charge in [-0.05, 0) is 51.8 Å². The molecule has 0 atom stereocenters. The summed E-state index contributed by atoms with van der Waals surface area (Å²) in [6.45, 7) is 10.6. The molecule has 1 N–H and O–H groups in total. The van der Waals surface area contributed by atoms with Crippen molar-refractivity contribution in [2.75, 3.05) is 11.9 Å². The Morgan fingerprint density at radius 3 is 2.60 bits per heavy atom. The Balaban J connectivity index is 2.21. The van der Waals surface area contributed by atoms with Gasteiger partial charge >= 0.3 is 5.97 Å². The Labute approximate surface area is 148 Å². The lowest BCUT2D eigenvalue weighted by Gasteiger charge is -2.10. The summed E-state index contributed by atoms with van der Waals surface area (Å²) in [5.41, 5.74) is 4.61. The number of hydrogen-bond acceptors (Lipinski definition) is 5. The summed E-state index contributed by atoms with van der Waals surface area (Å²) in [5.74, 6) is 0.518. The molecule has 0 radical (unpaired) electrons. The minimum absolute atomic E-state index is 0.295. The molecule has 0 spiro atoms. The number of anilines is 1. The predicted molar refractivity (Wildman–Crippen MR) is 98.4 cm³/mol. The minimum atomic E-state index is -0.295. The molecular formula is C19H26N4O2. The van der Waals surface area contributed by atoms with Gasteiger partial charge in [0.05, 0.1) is 30.1 Å². The van der Waals surface area contributed by atoms with Gasteiger partial charge in [0.15, 0.2) is 0 Å². The maximum atomic E-state index is 11.9. The highest BCUT2D eigenvalue weighted by molar-refractivity contribution is 5.88. The monoisotopic (exact) mass is 342 g/mol. The van der Waals surface area contributed by atoms with Crippen molar-refractivity contribution < 1.29 is 9.53 Å². The van der Waals surface area contributed by atoms with Crippen LogP contribution in [0.3, 0.4) is 0 Å². The lowest BCUT2D eigenvalue weighted by Crippen LogP contribution is -2.11. The van der Waals surface area contributed by atoms with Crippen molar-refractivity contribution in [2.45, 2.75) is 47.6 Å². The van der Waals surface area contributed by atoms with E-state index >= 15 is 0 Å². The molecule has 2 heterocycles. The second kappa shape index (κ2) is 8.46. The summed E-state index contributed by atoms with van der Waals surface area (Å²) in [5, 5.41) is 7.70. The number of rotatable bonds is 7. The normalized spacial score (nSPS) is 11.5. The molecule has 0 aliphatic carbocycles. The van der Waals surface area contributed by atoms with Crippen LogP contribution < -0.4 is 5.32 Å². The van der Waals surface area contributed by atoms with Gasteiger partial charge in [-0.25, -0.2) is 9.48 Å². The average Bonchev–Trinajstić information content (AvgIpc) is 2.86. The molecule has 25 heavy (non-hydrogen) atoms. The van der Waals surface area contributed by atoms with Crippen LogP contribution in [0.1, 0.15) is 42.9 Å². The van der Waals surface area contributed by atoms with Crippen LogP contribution in [0.5, 0.6) is 0 Å². The Kier molecular flexibility index (Phi) is 6.33. The van der Waals surface area contributed by atoms with Crippen LogP contribution in [-0.2, 0) is 16.1 Å². The van der Waals surface area contributed by atoms with Crippen molar-refractivity contribution in [1.82, 2.24) is 14.8 Å². The molecular weight excluding hydrogens is 316 g/mol. The van der Waals surface area contributed by atoms with Crippen LogP contribution in [0.25, 0.3) is 0 Å². The third kappa shape index (κ3) is 5.17. The molecule has 2 aromatic heterocycles. The molecule has 2 rings (SSSR count). The average molecular weight is 342 g/mol. The molecule has 0 saturated carbocycles. The van der Waals surface area contributed by atoms with Gasteiger partial charge in [-0.2, -0.15) is 5.10 Å². The number of aromatic nitrogens is 3. The lowest BCUT2D eigenvalue weighted by atomic mass is 10.2. The van der Waals surface area contributed by atoms with E-state index in [9.17, 15) is 4.79 Å². The topological polar surface area (TPSA) is 69.0 Å². The van der Waals surface area contributed by atoms with Gasteiger partial charge in [0.25, 0.3) is 0 Å². The highest BCUT2D eigenvalue weighted by Gasteiger charge is 2.10. The summed E-state index contributed by atoms with van der Waals surface area (Å²) in [6, 6.07) is 6.05. The third-order valence-corrected chi connectivity index (χ3v) is 3.68. The Hall–Kier alpha value is -2.63. The van der Waals surface area contributed by atoms with Crippen LogP contribution in [0, 0.1) is 20.8 Å². The number of pyridine rings is 1. The largest absolute Gasteiger partial charge is 0.463 e. The van der Waals surface area contributed by atoms with Gasteiger partial charge in [-0.1, -0.05) is 6.92 Å². The van der Waals surface area contributed by atoms with Gasteiger partial charge in [0, 0.05) is 18.0 Å². The summed E-state index contributed by atoms with van der Waals surface area (Å²) >= 11 is 0. The molecule has 134 valence electrons. The summed E-state index contributed by atoms with van der Waals surface area (Å²) in [4.78, 5) is 16.5. The van der Waals surface area contributed by atoms with Gasteiger partial charge in [-0.3, -0.25) is 4.98 Å². The smallest absolute Gasteiger partial charge is 0.335 e. The Bertz CT molecular complexity index is 757. The summed E-state index contributed by atoms with van der Waals surface area (Å²) in [7, 11) is 0. The quantitative estimate of drug-likeness (QED) is 0.616. The fourth-order valence-electron chi connectivity index (χ4n) is 2.63. The first-order chi connectivity index (χ1) is 11.9. The van der Waals surface area contributed by atoms with Crippen LogP contribution in [0.15, 0.2) is 30.0 Å². The van der Waals surface area contributed by atoms with Crippen molar-refractivity contribution in [1.29, 1.82) is 0 Å². The second-order valence-electron chi connectivity index (χ2n) is 5.99. The van der Waals surface area contributed by atoms with Crippen molar-refractivity contribution in [3.05, 3.63) is 52.6 Å². The van der Waals surface area contributed by atoms with E-state index in [-0.39, 0.29) is 5.97 Å². The molecule has 0 aromatic carbocycles. The van der Waals surface area contributed by atoms with E-state index in [1.807, 2.05) is 37.6 Å². The molecule has 0 bridgehead atoms. The molecule has 0 amide bonds. The van der Waals surface area contributed by atoms with Crippen molar-refractivity contribution in [3.63, 3.8) is 0 Å². The highest BCUT2D eigenvalue weighted by Crippen LogP contribution is 2.15. The number of esters is 1. The maximum Gasteiger partial charge on any atom is 0.335 e. The zero-order valence-electron chi connectivity index (χ0n) is 15.6. The zero-order chi connectivity index (χ0) is 18.4.